The summed E-state index contributed by atoms with van der Waals surface area (Å²) in [5.74, 6) is -2.78. The quantitative estimate of drug-likeness (QED) is 0.680. The molecule has 0 radical (unpaired) electrons. The lowest BCUT2D eigenvalue weighted by atomic mass is 10.0. The van der Waals surface area contributed by atoms with Crippen molar-refractivity contribution < 1.29 is 40.3 Å². The van der Waals surface area contributed by atoms with E-state index in [1.807, 2.05) is 0 Å². The van der Waals surface area contributed by atoms with Crippen LogP contribution in [-0.2, 0) is 34.8 Å². The molecule has 1 atom stereocenters. The Balaban J connectivity index is 2.23. The van der Waals surface area contributed by atoms with Crippen LogP contribution in [0.3, 0.4) is 0 Å². The van der Waals surface area contributed by atoms with Gasteiger partial charge in [-0.15, -0.1) is 0 Å². The van der Waals surface area contributed by atoms with Crippen LogP contribution in [0.2, 0.25) is 0 Å². The Kier molecular flexibility index (Phi) is 6.73. The molecule has 0 aliphatic heterocycles. The fourth-order valence-corrected chi connectivity index (χ4v) is 2.66. The van der Waals surface area contributed by atoms with Crippen molar-refractivity contribution in [1.82, 2.24) is 5.32 Å². The number of nitrogens with one attached hydrogen (secondary N) is 1. The molecule has 0 spiro atoms. The molecule has 30 heavy (non-hydrogen) atoms. The van der Waals surface area contributed by atoms with Crippen molar-refractivity contribution in [2.75, 3.05) is 0 Å². The summed E-state index contributed by atoms with van der Waals surface area (Å²) >= 11 is 0. The van der Waals surface area contributed by atoms with Crippen molar-refractivity contribution in [1.29, 1.82) is 0 Å². The van der Waals surface area contributed by atoms with E-state index >= 15 is 0 Å². The van der Waals surface area contributed by atoms with Gasteiger partial charge in [0.25, 0.3) is 0 Å². The zero-order valence-electron chi connectivity index (χ0n) is 15.1. The first-order valence-corrected chi connectivity index (χ1v) is 8.38. The van der Waals surface area contributed by atoms with Crippen LogP contribution < -0.4 is 11.1 Å². The number of carbonyl (C=O) groups excluding carboxylic acids is 2. The maximum Gasteiger partial charge on any atom is 0.416 e. The monoisotopic (exact) mass is 436 g/mol. The fourth-order valence-electron chi connectivity index (χ4n) is 2.66. The van der Waals surface area contributed by atoms with E-state index in [1.54, 1.807) is 0 Å². The molecule has 0 aliphatic carbocycles. The first-order chi connectivity index (χ1) is 13.8. The molecular formula is C19H15F7N2O2. The van der Waals surface area contributed by atoms with Gasteiger partial charge in [-0.3, -0.25) is 9.59 Å². The molecule has 0 aromatic heterocycles. The summed E-state index contributed by atoms with van der Waals surface area (Å²) < 4.78 is 91.2. The summed E-state index contributed by atoms with van der Waals surface area (Å²) in [5.41, 5.74) is 1.50. The van der Waals surface area contributed by atoms with E-state index in [9.17, 15) is 40.3 Å². The molecule has 0 fully saturated rings. The van der Waals surface area contributed by atoms with E-state index in [1.165, 1.54) is 18.2 Å². The third kappa shape index (κ3) is 6.19. The van der Waals surface area contributed by atoms with E-state index in [0.29, 0.717) is 12.1 Å². The van der Waals surface area contributed by atoms with Crippen LogP contribution in [0.25, 0.3) is 0 Å². The number of alkyl halides is 6. The van der Waals surface area contributed by atoms with Crippen LogP contribution >= 0.6 is 0 Å². The Labute approximate surface area is 165 Å². The topological polar surface area (TPSA) is 72.2 Å². The Morgan fingerprint density at radius 2 is 1.47 bits per heavy atom. The summed E-state index contributed by atoms with van der Waals surface area (Å²) in [4.78, 5) is 23.7. The number of rotatable bonds is 6. The molecule has 2 aromatic carbocycles. The summed E-state index contributed by atoms with van der Waals surface area (Å²) in [6, 6.07) is 4.64. The molecular weight excluding hydrogens is 421 g/mol. The highest BCUT2D eigenvalue weighted by molar-refractivity contribution is 5.87. The van der Waals surface area contributed by atoms with Gasteiger partial charge in [0.1, 0.15) is 11.9 Å². The molecule has 11 heteroatoms. The van der Waals surface area contributed by atoms with Crippen molar-refractivity contribution in [2.24, 2.45) is 5.73 Å². The van der Waals surface area contributed by atoms with Crippen molar-refractivity contribution in [3.8, 4) is 0 Å². The van der Waals surface area contributed by atoms with Crippen LogP contribution in [0.4, 0.5) is 30.7 Å². The van der Waals surface area contributed by atoms with Gasteiger partial charge in [-0.05, 0) is 35.4 Å². The minimum Gasteiger partial charge on any atom is -0.368 e. The van der Waals surface area contributed by atoms with Crippen LogP contribution in [0.15, 0.2) is 42.5 Å². The fraction of sp³-hybridized carbons (Fsp3) is 0.263. The zero-order valence-corrected chi connectivity index (χ0v) is 15.1. The number of hydrogen-bond donors (Lipinski definition) is 2. The third-order valence-corrected chi connectivity index (χ3v) is 4.07. The summed E-state index contributed by atoms with van der Waals surface area (Å²) in [7, 11) is 0. The Morgan fingerprint density at radius 3 is 1.93 bits per heavy atom. The average Bonchev–Trinajstić information content (AvgIpc) is 2.61. The first kappa shape index (κ1) is 23.2. The van der Waals surface area contributed by atoms with Crippen LogP contribution in [0.1, 0.15) is 22.3 Å². The van der Waals surface area contributed by atoms with Gasteiger partial charge < -0.3 is 11.1 Å². The average molecular weight is 436 g/mol. The molecule has 0 saturated heterocycles. The second-order valence-corrected chi connectivity index (χ2v) is 6.41. The van der Waals surface area contributed by atoms with Crippen molar-refractivity contribution in [3.63, 3.8) is 0 Å². The lowest BCUT2D eigenvalue weighted by Crippen LogP contribution is -2.46. The number of amides is 2. The molecule has 0 saturated carbocycles. The normalized spacial score (nSPS) is 13.0. The van der Waals surface area contributed by atoms with Gasteiger partial charge in [-0.2, -0.15) is 26.3 Å². The van der Waals surface area contributed by atoms with E-state index in [-0.39, 0.29) is 18.1 Å². The van der Waals surface area contributed by atoms with E-state index in [2.05, 4.69) is 5.32 Å². The molecule has 4 nitrogen and oxygen atoms in total. The van der Waals surface area contributed by atoms with Crippen molar-refractivity contribution in [2.45, 2.75) is 31.2 Å². The second kappa shape index (κ2) is 8.72. The molecule has 2 amide bonds. The predicted octanol–water partition coefficient (Wildman–Crippen LogP) is 3.62. The molecule has 162 valence electrons. The Morgan fingerprint density at radius 1 is 0.933 bits per heavy atom. The SMILES string of the molecule is NC(=O)[C@@H](Cc1ccccc1F)NC(=O)Cc1cc(C(F)(F)F)cc(C(F)(F)F)c1. The Bertz CT molecular complexity index is 907. The molecule has 2 aromatic rings. The summed E-state index contributed by atoms with van der Waals surface area (Å²) in [5, 5.41) is 2.11. The van der Waals surface area contributed by atoms with Gasteiger partial charge in [0.2, 0.25) is 11.8 Å². The predicted molar refractivity (Wildman–Crippen MR) is 91.4 cm³/mol. The summed E-state index contributed by atoms with van der Waals surface area (Å²) in [6.07, 6.45) is -11.3. The number of halogens is 7. The number of nitrogens with two attached hydrogens (primary N) is 1. The molecule has 2 rings (SSSR count). The third-order valence-electron chi connectivity index (χ3n) is 4.07. The van der Waals surface area contributed by atoms with Gasteiger partial charge in [0.05, 0.1) is 17.5 Å². The van der Waals surface area contributed by atoms with E-state index in [4.69, 9.17) is 5.73 Å². The second-order valence-electron chi connectivity index (χ2n) is 6.41. The molecule has 0 aliphatic rings. The number of hydrogen-bond acceptors (Lipinski definition) is 2. The van der Waals surface area contributed by atoms with Gasteiger partial charge in [0.15, 0.2) is 0 Å². The van der Waals surface area contributed by atoms with Gasteiger partial charge in [-0.1, -0.05) is 18.2 Å². The molecule has 0 unspecified atom stereocenters. The zero-order chi connectivity index (χ0) is 22.7. The lowest BCUT2D eigenvalue weighted by Gasteiger charge is -2.17. The van der Waals surface area contributed by atoms with Crippen molar-refractivity contribution >= 4 is 11.8 Å². The highest BCUT2D eigenvalue weighted by Crippen LogP contribution is 2.36. The lowest BCUT2D eigenvalue weighted by molar-refractivity contribution is -0.143. The highest BCUT2D eigenvalue weighted by Gasteiger charge is 2.37. The minimum atomic E-state index is -5.06. The maximum atomic E-state index is 13.7. The summed E-state index contributed by atoms with van der Waals surface area (Å²) in [6.45, 7) is 0. The largest absolute Gasteiger partial charge is 0.416 e. The number of primary amides is 1. The van der Waals surface area contributed by atoms with Gasteiger partial charge in [0, 0.05) is 6.42 Å². The van der Waals surface area contributed by atoms with Gasteiger partial charge in [-0.25, -0.2) is 4.39 Å². The van der Waals surface area contributed by atoms with Crippen molar-refractivity contribution in [3.05, 3.63) is 70.5 Å². The smallest absolute Gasteiger partial charge is 0.368 e. The van der Waals surface area contributed by atoms with E-state index in [0.717, 1.165) is 6.07 Å². The highest BCUT2D eigenvalue weighted by atomic mass is 19.4. The maximum absolute atomic E-state index is 13.7. The molecule has 0 heterocycles. The minimum absolute atomic E-state index is 0.0417. The van der Waals surface area contributed by atoms with E-state index < -0.39 is 59.1 Å². The number of carbonyl (C=O) groups is 2. The standard InChI is InChI=1S/C19H15F7N2O2/c20-14-4-2-1-3-11(14)8-15(17(27)30)28-16(29)7-10-5-12(18(21,22)23)9-13(6-10)19(24,25)26/h1-6,9,15H,7-8H2,(H2,27,30)(H,28,29)/t15-/m1/s1. The van der Waals surface area contributed by atoms with Crippen LogP contribution in [0.5, 0.6) is 0 Å². The molecule has 3 N–H and O–H groups in total. The Hall–Kier alpha value is -3.11. The van der Waals surface area contributed by atoms with Gasteiger partial charge >= 0.3 is 12.4 Å². The van der Waals surface area contributed by atoms with Crippen LogP contribution in [0, 0.1) is 5.82 Å². The van der Waals surface area contributed by atoms with Crippen LogP contribution in [-0.4, -0.2) is 17.9 Å². The molecule has 0 bridgehead atoms. The first-order valence-electron chi connectivity index (χ1n) is 8.38. The number of benzene rings is 2.